The van der Waals surface area contributed by atoms with Gasteiger partial charge in [-0.05, 0) is 51.7 Å². The summed E-state index contributed by atoms with van der Waals surface area (Å²) in [6.45, 7) is 11.2. The highest BCUT2D eigenvalue weighted by Gasteiger charge is 2.37. The number of hydrogen-bond acceptors (Lipinski definition) is 4. The number of halogens is 6. The Hall–Kier alpha value is -0.973. The van der Waals surface area contributed by atoms with Gasteiger partial charge in [0.2, 0.25) is 5.28 Å². The molecule has 0 aliphatic carbocycles. The molecule has 162 valence electrons. The number of anilines is 1. The second-order valence-corrected chi connectivity index (χ2v) is 14.2. The minimum atomic E-state index is -4.74. The van der Waals surface area contributed by atoms with Crippen molar-refractivity contribution in [3.05, 3.63) is 27.2 Å². The highest BCUT2D eigenvalue weighted by Crippen LogP contribution is 2.41. The van der Waals surface area contributed by atoms with E-state index in [1.165, 1.54) is 0 Å². The van der Waals surface area contributed by atoms with E-state index in [2.05, 4.69) is 59.8 Å². The number of rotatable bonds is 5. The molecule has 0 unspecified atom stereocenters. The smallest absolute Gasteiger partial charge is 0.415 e. The normalized spacial score (nSPS) is 13.2. The summed E-state index contributed by atoms with van der Waals surface area (Å²) in [5, 5.41) is -0.305. The fraction of sp³-hybridized carbons (Fsp3) is 0.556. The van der Waals surface area contributed by atoms with Gasteiger partial charge in [0.05, 0.1) is 16.6 Å². The molecule has 0 fully saturated rings. The zero-order valence-corrected chi connectivity index (χ0v) is 20.4. The summed E-state index contributed by atoms with van der Waals surface area (Å²) < 4.78 is 60.0. The first-order valence-corrected chi connectivity index (χ1v) is 12.9. The lowest BCUT2D eigenvalue weighted by molar-refractivity contribution is -0.138. The van der Waals surface area contributed by atoms with Gasteiger partial charge in [-0.15, -0.1) is 0 Å². The Labute approximate surface area is 181 Å². The molecule has 0 radical (unpaired) electrons. The minimum Gasteiger partial charge on any atom is -0.415 e. The van der Waals surface area contributed by atoms with Crippen LogP contribution in [0.25, 0.3) is 10.9 Å². The van der Waals surface area contributed by atoms with Crippen molar-refractivity contribution in [1.29, 1.82) is 0 Å². The van der Waals surface area contributed by atoms with Crippen LogP contribution in [0.5, 0.6) is 0 Å². The summed E-state index contributed by atoms with van der Waals surface area (Å²) in [6, 6.07) is 0.833. The molecular formula is C18H23BrClF4N3OSi. The fourth-order valence-electron chi connectivity index (χ4n) is 2.42. The molecule has 11 heteroatoms. The number of hydrogen-bond donors (Lipinski definition) is 0. The van der Waals surface area contributed by atoms with Crippen molar-refractivity contribution in [2.45, 2.75) is 45.1 Å². The van der Waals surface area contributed by atoms with Crippen molar-refractivity contribution in [3.63, 3.8) is 0 Å². The van der Waals surface area contributed by atoms with Gasteiger partial charge in [0.1, 0.15) is 11.3 Å². The molecule has 0 saturated heterocycles. The van der Waals surface area contributed by atoms with E-state index in [1.807, 2.05) is 0 Å². The molecule has 0 atom stereocenters. The number of benzene rings is 1. The van der Waals surface area contributed by atoms with Crippen LogP contribution in [0.15, 0.2) is 10.5 Å². The molecule has 2 rings (SSSR count). The maximum atomic E-state index is 14.6. The van der Waals surface area contributed by atoms with Crippen molar-refractivity contribution >= 4 is 52.6 Å². The predicted molar refractivity (Wildman–Crippen MR) is 114 cm³/mol. The molecule has 2 aromatic rings. The molecule has 0 spiro atoms. The summed E-state index contributed by atoms with van der Waals surface area (Å²) in [5.41, 5.74) is -1.42. The highest BCUT2D eigenvalue weighted by molar-refractivity contribution is 9.10. The van der Waals surface area contributed by atoms with E-state index in [9.17, 15) is 17.6 Å². The summed E-state index contributed by atoms with van der Waals surface area (Å²) >= 11 is 8.59. The average molecular weight is 517 g/mol. The first kappa shape index (κ1) is 24.3. The van der Waals surface area contributed by atoms with Crippen LogP contribution < -0.4 is 4.90 Å². The summed E-state index contributed by atoms with van der Waals surface area (Å²) in [7, 11) is -0.349. The van der Waals surface area contributed by atoms with E-state index in [1.54, 1.807) is 11.9 Å². The van der Waals surface area contributed by atoms with Gasteiger partial charge in [-0.2, -0.15) is 18.2 Å². The second kappa shape index (κ2) is 8.28. The van der Waals surface area contributed by atoms with Gasteiger partial charge in [0, 0.05) is 19.0 Å². The van der Waals surface area contributed by atoms with E-state index in [0.29, 0.717) is 13.2 Å². The molecule has 1 heterocycles. The maximum Gasteiger partial charge on any atom is 0.417 e. The monoisotopic (exact) mass is 515 g/mol. The van der Waals surface area contributed by atoms with Crippen molar-refractivity contribution in [2.75, 3.05) is 25.1 Å². The van der Waals surface area contributed by atoms with Crippen LogP contribution in [-0.2, 0) is 10.6 Å². The lowest BCUT2D eigenvalue weighted by Crippen LogP contribution is -2.42. The SMILES string of the molecule is CN(CCO[Si](C)(C)C(C)(C)C)c1nc(Cl)nc2c(F)c(Br)c(C(F)(F)F)cc12. The van der Waals surface area contributed by atoms with E-state index >= 15 is 0 Å². The van der Waals surface area contributed by atoms with Gasteiger partial charge in [0.25, 0.3) is 0 Å². The van der Waals surface area contributed by atoms with Crippen LogP contribution in [0.1, 0.15) is 26.3 Å². The Morgan fingerprint density at radius 1 is 1.21 bits per heavy atom. The summed E-state index contributed by atoms with van der Waals surface area (Å²) in [5.74, 6) is -1.03. The molecule has 1 aromatic heterocycles. The first-order valence-electron chi connectivity index (χ1n) is 8.84. The van der Waals surface area contributed by atoms with Crippen LogP contribution in [0.4, 0.5) is 23.4 Å². The summed E-state index contributed by atoms with van der Waals surface area (Å²) in [4.78, 5) is 9.42. The molecule has 29 heavy (non-hydrogen) atoms. The first-order chi connectivity index (χ1) is 13.1. The van der Waals surface area contributed by atoms with E-state index in [0.717, 1.165) is 6.07 Å². The zero-order valence-electron chi connectivity index (χ0n) is 17.0. The Bertz CT molecular complexity index is 919. The molecule has 0 aliphatic heterocycles. The number of aromatic nitrogens is 2. The molecular weight excluding hydrogens is 494 g/mol. The van der Waals surface area contributed by atoms with Gasteiger partial charge < -0.3 is 9.33 Å². The van der Waals surface area contributed by atoms with E-state index in [-0.39, 0.29) is 27.0 Å². The van der Waals surface area contributed by atoms with Crippen LogP contribution in [-0.4, -0.2) is 38.5 Å². The molecule has 0 N–H and O–H groups in total. The van der Waals surface area contributed by atoms with Crippen molar-refractivity contribution < 1.29 is 22.0 Å². The van der Waals surface area contributed by atoms with E-state index < -0.39 is 30.3 Å². The topological polar surface area (TPSA) is 38.2 Å². The van der Waals surface area contributed by atoms with Crippen molar-refractivity contribution in [1.82, 2.24) is 9.97 Å². The molecule has 0 amide bonds. The Kier molecular flexibility index (Phi) is 6.94. The van der Waals surface area contributed by atoms with Crippen molar-refractivity contribution in [2.24, 2.45) is 0 Å². The van der Waals surface area contributed by atoms with Crippen molar-refractivity contribution in [3.8, 4) is 0 Å². The number of nitrogens with zero attached hydrogens (tertiary/aromatic N) is 3. The molecule has 0 saturated carbocycles. The molecule has 0 bridgehead atoms. The predicted octanol–water partition coefficient (Wildman–Crippen LogP) is 6.66. The third kappa shape index (κ3) is 5.21. The largest absolute Gasteiger partial charge is 0.417 e. The van der Waals surface area contributed by atoms with E-state index in [4.69, 9.17) is 16.0 Å². The fourth-order valence-corrected chi connectivity index (χ4v) is 4.14. The van der Waals surface area contributed by atoms with Crippen LogP contribution in [0.3, 0.4) is 0 Å². The second-order valence-electron chi connectivity index (χ2n) is 8.29. The van der Waals surface area contributed by atoms with Crippen LogP contribution in [0.2, 0.25) is 23.4 Å². The molecule has 1 aromatic carbocycles. The minimum absolute atomic E-state index is 0.0213. The average Bonchev–Trinajstić information content (AvgIpc) is 2.55. The number of likely N-dealkylation sites (N-methyl/N-ethyl adjacent to an activating group) is 1. The Balaban J connectivity index is 2.43. The van der Waals surface area contributed by atoms with Gasteiger partial charge in [-0.1, -0.05) is 20.8 Å². The number of fused-ring (bicyclic) bond motifs is 1. The molecule has 4 nitrogen and oxygen atoms in total. The Morgan fingerprint density at radius 2 is 1.79 bits per heavy atom. The zero-order chi connectivity index (χ0) is 22.4. The summed E-state index contributed by atoms with van der Waals surface area (Å²) in [6.07, 6.45) is -4.74. The molecule has 0 aliphatic rings. The van der Waals surface area contributed by atoms with Crippen LogP contribution >= 0.6 is 27.5 Å². The third-order valence-corrected chi connectivity index (χ3v) is 10.7. The van der Waals surface area contributed by atoms with Gasteiger partial charge in [-0.3, -0.25) is 0 Å². The maximum absolute atomic E-state index is 14.6. The van der Waals surface area contributed by atoms with Gasteiger partial charge >= 0.3 is 6.18 Å². The Morgan fingerprint density at radius 3 is 2.31 bits per heavy atom. The van der Waals surface area contributed by atoms with Gasteiger partial charge in [-0.25, -0.2) is 9.37 Å². The third-order valence-electron chi connectivity index (χ3n) is 5.19. The standard InChI is InChI=1S/C18H23BrClF4N3OSi/c1-17(2,3)29(5,6)28-8-7-27(4)15-10-9-11(18(22,23)24)12(19)13(21)14(10)25-16(20)26-15/h9H,7-8H2,1-6H3. The van der Waals surface area contributed by atoms with Crippen LogP contribution in [0, 0.1) is 5.82 Å². The quantitative estimate of drug-likeness (QED) is 0.253. The number of alkyl halides is 3. The highest BCUT2D eigenvalue weighted by atomic mass is 79.9. The van der Waals surface area contributed by atoms with Gasteiger partial charge in [0.15, 0.2) is 14.1 Å². The lowest BCUT2D eigenvalue weighted by atomic mass is 10.1. The lowest BCUT2D eigenvalue weighted by Gasteiger charge is -2.36.